The topological polar surface area (TPSA) is 63.2 Å². The summed E-state index contributed by atoms with van der Waals surface area (Å²) in [7, 11) is 0. The Labute approximate surface area is 178 Å². The van der Waals surface area contributed by atoms with Crippen LogP contribution in [0, 0.1) is 0 Å². The van der Waals surface area contributed by atoms with E-state index in [1.807, 2.05) is 56.2 Å². The molecule has 0 unspecified atom stereocenters. The summed E-state index contributed by atoms with van der Waals surface area (Å²) < 4.78 is 6.49. The van der Waals surface area contributed by atoms with Crippen LogP contribution in [0.1, 0.15) is 19.3 Å². The minimum atomic E-state index is 1.03. The highest BCUT2D eigenvalue weighted by atomic mass is 15.5. The van der Waals surface area contributed by atoms with Gasteiger partial charge in [0, 0.05) is 76.4 Å². The van der Waals surface area contributed by atoms with Crippen LogP contribution in [0.3, 0.4) is 0 Å². The van der Waals surface area contributed by atoms with Crippen LogP contribution in [0.5, 0.6) is 0 Å². The third-order valence-corrected chi connectivity index (χ3v) is 5.55. The van der Waals surface area contributed by atoms with Crippen molar-refractivity contribution in [1.29, 1.82) is 0 Å². The second kappa shape index (κ2) is 11.1. The van der Waals surface area contributed by atoms with Crippen LogP contribution < -0.4 is 0 Å². The number of aromatic nitrogens is 6. The van der Waals surface area contributed by atoms with Gasteiger partial charge in [-0.1, -0.05) is 0 Å². The number of aryl methyl sites for hydroxylation is 3. The number of imidazole rings is 3. The first kappa shape index (κ1) is 20.8. The maximum absolute atomic E-state index is 4.14. The molecule has 0 atom stereocenters. The highest BCUT2D eigenvalue weighted by Gasteiger charge is 2.22. The summed E-state index contributed by atoms with van der Waals surface area (Å²) in [5.74, 6) is 0. The van der Waals surface area contributed by atoms with E-state index in [0.29, 0.717) is 0 Å². The van der Waals surface area contributed by atoms with Gasteiger partial charge in [0.05, 0.1) is 39.0 Å². The first-order chi connectivity index (χ1) is 14.8. The predicted molar refractivity (Wildman–Crippen MR) is 115 cm³/mol. The van der Waals surface area contributed by atoms with Gasteiger partial charge >= 0.3 is 0 Å². The van der Waals surface area contributed by atoms with Gasteiger partial charge in [0.15, 0.2) is 0 Å². The third-order valence-electron chi connectivity index (χ3n) is 5.55. The molecule has 4 heterocycles. The van der Waals surface area contributed by atoms with Crippen LogP contribution in [0.25, 0.3) is 0 Å². The van der Waals surface area contributed by atoms with E-state index >= 15 is 0 Å². The molecule has 9 nitrogen and oxygen atoms in total. The normalized spacial score (nSPS) is 16.4. The van der Waals surface area contributed by atoms with E-state index in [9.17, 15) is 0 Å². The summed E-state index contributed by atoms with van der Waals surface area (Å²) in [6.07, 6.45) is 20.8. The molecule has 0 aliphatic carbocycles. The maximum Gasteiger partial charge on any atom is 0.0945 e. The Morgan fingerprint density at radius 2 is 0.800 bits per heavy atom. The zero-order valence-electron chi connectivity index (χ0n) is 17.7. The van der Waals surface area contributed by atoms with Gasteiger partial charge in [-0.25, -0.2) is 15.0 Å². The Hall–Kier alpha value is -2.49. The van der Waals surface area contributed by atoms with Crippen molar-refractivity contribution >= 4 is 0 Å². The van der Waals surface area contributed by atoms with Gasteiger partial charge in [-0.3, -0.25) is 14.7 Å². The Balaban J connectivity index is 1.24. The van der Waals surface area contributed by atoms with Crippen LogP contribution in [0.15, 0.2) is 56.2 Å². The second-order valence-electron chi connectivity index (χ2n) is 8.07. The number of nitrogens with zero attached hydrogens (tertiary/aromatic N) is 9. The lowest BCUT2D eigenvalue weighted by Gasteiger charge is -2.42. The fourth-order valence-corrected chi connectivity index (χ4v) is 4.09. The van der Waals surface area contributed by atoms with Crippen molar-refractivity contribution in [3.8, 4) is 0 Å². The molecule has 1 aliphatic heterocycles. The lowest BCUT2D eigenvalue weighted by molar-refractivity contribution is -0.0317. The maximum atomic E-state index is 4.14. The molecule has 1 fully saturated rings. The SMILES string of the molecule is c1cn(CCCN2CN(CCCn3ccnc3)CN(CCCn3ccnc3)C2)cn1. The fraction of sp³-hybridized carbons (Fsp3) is 0.571. The first-order valence-electron chi connectivity index (χ1n) is 10.9. The molecule has 162 valence electrons. The fourth-order valence-electron chi connectivity index (χ4n) is 4.09. The molecule has 9 heteroatoms. The zero-order chi connectivity index (χ0) is 20.4. The van der Waals surface area contributed by atoms with Gasteiger partial charge in [0.1, 0.15) is 0 Å². The van der Waals surface area contributed by atoms with E-state index in [-0.39, 0.29) is 0 Å². The Morgan fingerprint density at radius 1 is 0.467 bits per heavy atom. The second-order valence-corrected chi connectivity index (χ2v) is 8.07. The molecule has 0 spiro atoms. The Kier molecular flexibility index (Phi) is 7.65. The van der Waals surface area contributed by atoms with Crippen molar-refractivity contribution in [3.05, 3.63) is 56.2 Å². The molecule has 3 aromatic heterocycles. The monoisotopic (exact) mass is 411 g/mol. The van der Waals surface area contributed by atoms with Gasteiger partial charge in [-0.2, -0.15) is 0 Å². The quantitative estimate of drug-likeness (QED) is 0.452. The van der Waals surface area contributed by atoms with Crippen molar-refractivity contribution in [2.45, 2.75) is 38.9 Å². The van der Waals surface area contributed by atoms with E-state index in [0.717, 1.165) is 78.5 Å². The van der Waals surface area contributed by atoms with Gasteiger partial charge in [-0.05, 0) is 19.3 Å². The Bertz CT molecular complexity index is 682. The summed E-state index contributed by atoms with van der Waals surface area (Å²) in [6.45, 7) is 9.54. The van der Waals surface area contributed by atoms with Crippen LogP contribution >= 0.6 is 0 Å². The number of hydrogen-bond donors (Lipinski definition) is 0. The van der Waals surface area contributed by atoms with Crippen molar-refractivity contribution in [2.24, 2.45) is 0 Å². The molecule has 3 aromatic rings. The Morgan fingerprint density at radius 3 is 1.07 bits per heavy atom. The molecule has 4 rings (SSSR count). The average Bonchev–Trinajstić information content (AvgIpc) is 3.52. The van der Waals surface area contributed by atoms with Crippen molar-refractivity contribution in [1.82, 2.24) is 43.4 Å². The average molecular weight is 412 g/mol. The predicted octanol–water partition coefficient (Wildman–Crippen LogP) is 1.64. The summed E-state index contributed by atoms with van der Waals surface area (Å²) in [5.41, 5.74) is 0. The van der Waals surface area contributed by atoms with E-state index in [2.05, 4.69) is 43.4 Å². The molecular weight excluding hydrogens is 378 g/mol. The molecule has 1 aliphatic rings. The summed E-state index contributed by atoms with van der Waals surface area (Å²) >= 11 is 0. The highest BCUT2D eigenvalue weighted by Crippen LogP contribution is 2.11. The van der Waals surface area contributed by atoms with Crippen LogP contribution in [0.4, 0.5) is 0 Å². The lowest BCUT2D eigenvalue weighted by atomic mass is 10.3. The van der Waals surface area contributed by atoms with Gasteiger partial charge in [-0.15, -0.1) is 0 Å². The van der Waals surface area contributed by atoms with Crippen LogP contribution in [0.2, 0.25) is 0 Å². The number of hydrogen-bond acceptors (Lipinski definition) is 6. The van der Waals surface area contributed by atoms with Gasteiger partial charge in [0.2, 0.25) is 0 Å². The minimum absolute atomic E-state index is 1.03. The van der Waals surface area contributed by atoms with Gasteiger partial charge in [0.25, 0.3) is 0 Å². The number of rotatable bonds is 12. The van der Waals surface area contributed by atoms with Crippen molar-refractivity contribution < 1.29 is 0 Å². The molecule has 0 aromatic carbocycles. The van der Waals surface area contributed by atoms with E-state index in [1.54, 1.807) is 0 Å². The van der Waals surface area contributed by atoms with Crippen LogP contribution in [-0.2, 0) is 19.6 Å². The smallest absolute Gasteiger partial charge is 0.0945 e. The minimum Gasteiger partial charge on any atom is -0.337 e. The standard InChI is InChI=1S/C21H33N9/c1(7-25-13-4-22-16-25)10-28-19-29(11-2-8-26-14-5-23-17-26)21-30(20-28)12-3-9-27-15-6-24-18-27/h4-6,13-18H,1-3,7-12,19-21H2. The molecule has 0 radical (unpaired) electrons. The molecule has 0 N–H and O–H groups in total. The van der Waals surface area contributed by atoms with Crippen molar-refractivity contribution in [2.75, 3.05) is 39.6 Å². The summed E-state index contributed by atoms with van der Waals surface area (Å²) in [6, 6.07) is 0. The van der Waals surface area contributed by atoms with Crippen LogP contribution in [-0.4, -0.2) is 83.0 Å². The molecular formula is C21H33N9. The largest absolute Gasteiger partial charge is 0.337 e. The van der Waals surface area contributed by atoms with E-state index < -0.39 is 0 Å². The third kappa shape index (κ3) is 6.51. The highest BCUT2D eigenvalue weighted by molar-refractivity contribution is 4.77. The van der Waals surface area contributed by atoms with Crippen molar-refractivity contribution in [3.63, 3.8) is 0 Å². The van der Waals surface area contributed by atoms with E-state index in [1.165, 1.54) is 0 Å². The molecule has 1 saturated heterocycles. The molecule has 30 heavy (non-hydrogen) atoms. The molecule has 0 bridgehead atoms. The summed E-state index contributed by atoms with van der Waals surface area (Å²) in [5, 5.41) is 0. The summed E-state index contributed by atoms with van der Waals surface area (Å²) in [4.78, 5) is 20.2. The molecule has 0 saturated carbocycles. The zero-order valence-corrected chi connectivity index (χ0v) is 17.7. The lowest BCUT2D eigenvalue weighted by Crippen LogP contribution is -2.55. The van der Waals surface area contributed by atoms with Gasteiger partial charge < -0.3 is 13.7 Å². The molecule has 0 amide bonds. The van der Waals surface area contributed by atoms with E-state index in [4.69, 9.17) is 0 Å². The first-order valence-corrected chi connectivity index (χ1v) is 10.9.